The summed E-state index contributed by atoms with van der Waals surface area (Å²) in [4.78, 5) is 4.35. The Hall–Kier alpha value is -2.73. The number of ether oxygens (including phenoxy) is 2. The van der Waals surface area contributed by atoms with Crippen LogP contribution in [-0.2, 0) is 11.3 Å². The van der Waals surface area contributed by atoms with Gasteiger partial charge in [0.15, 0.2) is 5.96 Å². The molecule has 0 bridgehead atoms. The predicted octanol–water partition coefficient (Wildman–Crippen LogP) is 2.68. The van der Waals surface area contributed by atoms with Gasteiger partial charge in [-0.1, -0.05) is 12.1 Å². The van der Waals surface area contributed by atoms with E-state index in [9.17, 15) is 0 Å². The smallest absolute Gasteiger partial charge is 0.193 e. The first kappa shape index (κ1) is 17.6. The van der Waals surface area contributed by atoms with E-state index in [-0.39, 0.29) is 0 Å². The largest absolute Gasteiger partial charge is 0.497 e. The standard InChI is InChI=1S/C18H24N4O2/c1-23-12-11-20-15-5-3-14(4-6-15)13-21-18(19)22-16-7-9-17(24-2)10-8-16/h3-10,20H,11-13H2,1-2H3,(H3,19,21,22). The zero-order valence-electron chi connectivity index (χ0n) is 14.1. The van der Waals surface area contributed by atoms with Gasteiger partial charge in [-0.3, -0.25) is 0 Å². The van der Waals surface area contributed by atoms with Gasteiger partial charge < -0.3 is 25.8 Å². The number of nitrogens with zero attached hydrogens (tertiary/aromatic N) is 1. The molecule has 0 heterocycles. The molecule has 0 fully saturated rings. The number of hydrogen-bond acceptors (Lipinski definition) is 4. The van der Waals surface area contributed by atoms with Crippen molar-refractivity contribution in [2.24, 2.45) is 10.7 Å². The second-order valence-electron chi connectivity index (χ2n) is 5.17. The van der Waals surface area contributed by atoms with Crippen LogP contribution in [0.4, 0.5) is 11.4 Å². The Kier molecular flexibility index (Phi) is 6.91. The molecule has 0 aliphatic carbocycles. The second-order valence-corrected chi connectivity index (χ2v) is 5.17. The van der Waals surface area contributed by atoms with Gasteiger partial charge in [-0.25, -0.2) is 4.99 Å². The van der Waals surface area contributed by atoms with Crippen LogP contribution >= 0.6 is 0 Å². The molecule has 0 aliphatic heterocycles. The van der Waals surface area contributed by atoms with Crippen LogP contribution in [-0.4, -0.2) is 33.3 Å². The van der Waals surface area contributed by atoms with Crippen LogP contribution in [0.25, 0.3) is 0 Å². The fourth-order valence-electron chi connectivity index (χ4n) is 2.06. The number of aliphatic imine (C=N–C) groups is 1. The summed E-state index contributed by atoms with van der Waals surface area (Å²) in [5.74, 6) is 1.18. The average Bonchev–Trinajstić information content (AvgIpc) is 2.62. The van der Waals surface area contributed by atoms with E-state index in [0.29, 0.717) is 19.1 Å². The maximum absolute atomic E-state index is 5.92. The van der Waals surface area contributed by atoms with Crippen molar-refractivity contribution < 1.29 is 9.47 Å². The van der Waals surface area contributed by atoms with Crippen molar-refractivity contribution in [3.8, 4) is 5.75 Å². The molecule has 0 aliphatic rings. The highest BCUT2D eigenvalue weighted by Crippen LogP contribution is 2.15. The van der Waals surface area contributed by atoms with Crippen molar-refractivity contribution in [3.63, 3.8) is 0 Å². The van der Waals surface area contributed by atoms with Gasteiger partial charge in [-0.05, 0) is 42.0 Å². The summed E-state index contributed by atoms with van der Waals surface area (Å²) >= 11 is 0. The highest BCUT2D eigenvalue weighted by molar-refractivity contribution is 5.92. The zero-order valence-corrected chi connectivity index (χ0v) is 14.1. The summed E-state index contributed by atoms with van der Waals surface area (Å²) in [6.07, 6.45) is 0. The lowest BCUT2D eigenvalue weighted by Crippen LogP contribution is -2.22. The Balaban J connectivity index is 1.84. The molecule has 2 aromatic rings. The van der Waals surface area contributed by atoms with E-state index in [0.717, 1.165) is 29.2 Å². The molecule has 128 valence electrons. The number of nitrogens with one attached hydrogen (secondary N) is 2. The van der Waals surface area contributed by atoms with Crippen molar-refractivity contribution in [3.05, 3.63) is 54.1 Å². The summed E-state index contributed by atoms with van der Waals surface area (Å²) in [5, 5.41) is 6.33. The summed E-state index contributed by atoms with van der Waals surface area (Å²) in [6, 6.07) is 15.6. The van der Waals surface area contributed by atoms with Crippen molar-refractivity contribution in [2.75, 3.05) is 38.0 Å². The summed E-state index contributed by atoms with van der Waals surface area (Å²) in [6.45, 7) is 1.99. The van der Waals surface area contributed by atoms with Crippen molar-refractivity contribution in [1.29, 1.82) is 0 Å². The van der Waals surface area contributed by atoms with E-state index < -0.39 is 0 Å². The first-order chi connectivity index (χ1) is 11.7. The minimum Gasteiger partial charge on any atom is -0.497 e. The third-order valence-corrected chi connectivity index (χ3v) is 3.38. The van der Waals surface area contributed by atoms with Gasteiger partial charge in [0.2, 0.25) is 0 Å². The quantitative estimate of drug-likeness (QED) is 0.394. The molecule has 4 N–H and O–H groups in total. The number of nitrogens with two attached hydrogens (primary N) is 1. The molecule has 0 saturated heterocycles. The molecule has 2 aromatic carbocycles. The molecule has 24 heavy (non-hydrogen) atoms. The molecule has 0 saturated carbocycles. The SMILES string of the molecule is COCCNc1ccc(CN=C(N)Nc2ccc(OC)cc2)cc1. The first-order valence-corrected chi connectivity index (χ1v) is 7.74. The minimum absolute atomic E-state index is 0.377. The molecule has 2 rings (SSSR count). The number of rotatable bonds is 8. The van der Waals surface area contributed by atoms with Crippen LogP contribution in [0.5, 0.6) is 5.75 Å². The van der Waals surface area contributed by atoms with Crippen LogP contribution < -0.4 is 21.1 Å². The summed E-state index contributed by atoms with van der Waals surface area (Å²) < 4.78 is 10.1. The lowest BCUT2D eigenvalue weighted by molar-refractivity contribution is 0.211. The number of hydrogen-bond donors (Lipinski definition) is 3. The van der Waals surface area contributed by atoms with Gasteiger partial charge in [-0.2, -0.15) is 0 Å². The molecule has 0 unspecified atom stereocenters. The van der Waals surface area contributed by atoms with Gasteiger partial charge >= 0.3 is 0 Å². The molecule has 0 aromatic heterocycles. The van der Waals surface area contributed by atoms with E-state index in [1.807, 2.05) is 48.5 Å². The van der Waals surface area contributed by atoms with Gasteiger partial charge in [0, 0.05) is 25.0 Å². The fourth-order valence-corrected chi connectivity index (χ4v) is 2.06. The number of methoxy groups -OCH3 is 2. The summed E-state index contributed by atoms with van der Waals surface area (Å²) in [5.41, 5.74) is 8.94. The van der Waals surface area contributed by atoms with Crippen LogP contribution in [0, 0.1) is 0 Å². The van der Waals surface area contributed by atoms with Crippen LogP contribution in [0.3, 0.4) is 0 Å². The Morgan fingerprint density at radius 1 is 1.00 bits per heavy atom. The third-order valence-electron chi connectivity index (χ3n) is 3.38. The van der Waals surface area contributed by atoms with Crippen molar-refractivity contribution >= 4 is 17.3 Å². The van der Waals surface area contributed by atoms with Crippen LogP contribution in [0.15, 0.2) is 53.5 Å². The molecular formula is C18H24N4O2. The number of anilines is 2. The van der Waals surface area contributed by atoms with Crippen LogP contribution in [0.1, 0.15) is 5.56 Å². The lowest BCUT2D eigenvalue weighted by Gasteiger charge is -2.08. The normalized spacial score (nSPS) is 11.2. The zero-order chi connectivity index (χ0) is 17.2. The molecule has 6 nitrogen and oxygen atoms in total. The van der Waals surface area contributed by atoms with Gasteiger partial charge in [0.25, 0.3) is 0 Å². The van der Waals surface area contributed by atoms with Gasteiger partial charge in [0.1, 0.15) is 5.75 Å². The molecule has 0 amide bonds. The number of benzene rings is 2. The molecule has 0 radical (unpaired) electrons. The summed E-state index contributed by atoms with van der Waals surface area (Å²) in [7, 11) is 3.32. The van der Waals surface area contributed by atoms with E-state index in [1.54, 1.807) is 14.2 Å². The highest BCUT2D eigenvalue weighted by atomic mass is 16.5. The van der Waals surface area contributed by atoms with E-state index in [2.05, 4.69) is 15.6 Å². The molecule has 0 atom stereocenters. The van der Waals surface area contributed by atoms with E-state index in [4.69, 9.17) is 15.2 Å². The van der Waals surface area contributed by atoms with Crippen molar-refractivity contribution in [1.82, 2.24) is 0 Å². The third kappa shape index (κ3) is 5.81. The Morgan fingerprint density at radius 2 is 1.67 bits per heavy atom. The van der Waals surface area contributed by atoms with Crippen molar-refractivity contribution in [2.45, 2.75) is 6.54 Å². The molecular weight excluding hydrogens is 304 g/mol. The molecule has 0 spiro atoms. The Morgan fingerprint density at radius 3 is 2.29 bits per heavy atom. The topological polar surface area (TPSA) is 80.9 Å². The first-order valence-electron chi connectivity index (χ1n) is 7.74. The minimum atomic E-state index is 0.377. The number of guanidine groups is 1. The fraction of sp³-hybridized carbons (Fsp3) is 0.278. The molecule has 6 heteroatoms. The average molecular weight is 328 g/mol. The predicted molar refractivity (Wildman–Crippen MR) is 98.8 cm³/mol. The van der Waals surface area contributed by atoms with E-state index in [1.165, 1.54) is 0 Å². The Bertz CT molecular complexity index is 639. The maximum Gasteiger partial charge on any atom is 0.193 e. The Labute approximate surface area is 142 Å². The van der Waals surface area contributed by atoms with E-state index >= 15 is 0 Å². The maximum atomic E-state index is 5.92. The highest BCUT2D eigenvalue weighted by Gasteiger charge is 1.98. The van der Waals surface area contributed by atoms with Crippen LogP contribution in [0.2, 0.25) is 0 Å². The lowest BCUT2D eigenvalue weighted by atomic mass is 10.2. The monoisotopic (exact) mass is 328 g/mol. The van der Waals surface area contributed by atoms with Gasteiger partial charge in [-0.15, -0.1) is 0 Å². The second kappa shape index (κ2) is 9.42. The van der Waals surface area contributed by atoms with Gasteiger partial charge in [0.05, 0.1) is 20.3 Å².